The first-order valence-corrected chi connectivity index (χ1v) is 7.07. The third-order valence-electron chi connectivity index (χ3n) is 3.16. The molecule has 0 amide bonds. The lowest BCUT2D eigenvalue weighted by Crippen LogP contribution is -2.28. The van der Waals surface area contributed by atoms with Gasteiger partial charge in [0.15, 0.2) is 0 Å². The maximum Gasteiger partial charge on any atom is 0.0725 e. The van der Waals surface area contributed by atoms with Gasteiger partial charge in [-0.3, -0.25) is 10.8 Å². The maximum atomic E-state index is 5.69. The van der Waals surface area contributed by atoms with Crippen LogP contribution in [0.1, 0.15) is 42.5 Å². The van der Waals surface area contributed by atoms with E-state index in [-0.39, 0.29) is 6.04 Å². The molecular formula is C15H18BrN3. The number of hydrazine groups is 1. The van der Waals surface area contributed by atoms with Crippen molar-refractivity contribution in [3.05, 3.63) is 63.9 Å². The third kappa shape index (κ3) is 3.41. The molecule has 100 valence electrons. The lowest BCUT2D eigenvalue weighted by molar-refractivity contribution is 0.634. The molecule has 2 aromatic rings. The summed E-state index contributed by atoms with van der Waals surface area (Å²) >= 11 is 3.43. The van der Waals surface area contributed by atoms with Crippen molar-refractivity contribution in [2.45, 2.75) is 25.8 Å². The number of aromatic nitrogens is 1. The van der Waals surface area contributed by atoms with Gasteiger partial charge in [0, 0.05) is 16.9 Å². The van der Waals surface area contributed by atoms with Crippen LogP contribution in [0.5, 0.6) is 0 Å². The fraction of sp³-hybridized carbons (Fsp3) is 0.267. The number of nitrogens with zero attached hydrogens (tertiary/aromatic N) is 1. The van der Waals surface area contributed by atoms with E-state index in [1.165, 1.54) is 5.56 Å². The van der Waals surface area contributed by atoms with Crippen molar-refractivity contribution in [3.63, 3.8) is 0 Å². The smallest absolute Gasteiger partial charge is 0.0725 e. The van der Waals surface area contributed by atoms with Gasteiger partial charge < -0.3 is 0 Å². The van der Waals surface area contributed by atoms with E-state index in [0.717, 1.165) is 15.6 Å². The molecule has 0 bridgehead atoms. The summed E-state index contributed by atoms with van der Waals surface area (Å²) in [4.78, 5) is 4.18. The van der Waals surface area contributed by atoms with Crippen molar-refractivity contribution < 1.29 is 0 Å². The number of halogens is 1. The summed E-state index contributed by atoms with van der Waals surface area (Å²) in [6.45, 7) is 4.37. The third-order valence-corrected chi connectivity index (χ3v) is 3.60. The average Bonchev–Trinajstić information content (AvgIpc) is 2.40. The van der Waals surface area contributed by atoms with Gasteiger partial charge in [0.25, 0.3) is 0 Å². The highest BCUT2D eigenvalue weighted by molar-refractivity contribution is 9.10. The van der Waals surface area contributed by atoms with E-state index in [1.54, 1.807) is 6.20 Å². The van der Waals surface area contributed by atoms with Crippen LogP contribution in [-0.4, -0.2) is 4.98 Å². The molecule has 0 fully saturated rings. The van der Waals surface area contributed by atoms with Crippen LogP contribution >= 0.6 is 15.9 Å². The van der Waals surface area contributed by atoms with E-state index in [1.807, 2.05) is 12.3 Å². The molecule has 1 heterocycles. The number of benzene rings is 1. The van der Waals surface area contributed by atoms with Gasteiger partial charge in [0.2, 0.25) is 0 Å². The SMILES string of the molecule is CC(C)c1ccc(C(NN)c2cncc(Br)c2)cc1. The number of nitrogens with one attached hydrogen (secondary N) is 1. The van der Waals surface area contributed by atoms with Crippen molar-refractivity contribution in [2.75, 3.05) is 0 Å². The van der Waals surface area contributed by atoms with Crippen molar-refractivity contribution in [3.8, 4) is 0 Å². The highest BCUT2D eigenvalue weighted by Crippen LogP contribution is 2.24. The average molecular weight is 320 g/mol. The summed E-state index contributed by atoms with van der Waals surface area (Å²) in [5.41, 5.74) is 6.34. The van der Waals surface area contributed by atoms with Gasteiger partial charge in [-0.1, -0.05) is 38.1 Å². The van der Waals surface area contributed by atoms with E-state index in [2.05, 4.69) is 64.5 Å². The molecule has 3 nitrogen and oxygen atoms in total. The molecule has 0 aliphatic carbocycles. The van der Waals surface area contributed by atoms with Crippen LogP contribution in [0.15, 0.2) is 47.2 Å². The van der Waals surface area contributed by atoms with E-state index in [9.17, 15) is 0 Å². The van der Waals surface area contributed by atoms with Crippen molar-refractivity contribution in [1.29, 1.82) is 0 Å². The normalized spacial score (nSPS) is 12.7. The summed E-state index contributed by atoms with van der Waals surface area (Å²) in [7, 11) is 0. The molecule has 0 saturated heterocycles. The molecule has 1 aromatic carbocycles. The monoisotopic (exact) mass is 319 g/mol. The van der Waals surface area contributed by atoms with Crippen LogP contribution in [0.25, 0.3) is 0 Å². The zero-order chi connectivity index (χ0) is 13.8. The Kier molecular flexibility index (Phi) is 4.69. The lowest BCUT2D eigenvalue weighted by Gasteiger charge is -2.17. The van der Waals surface area contributed by atoms with Crippen LogP contribution in [0.3, 0.4) is 0 Å². The van der Waals surface area contributed by atoms with E-state index in [4.69, 9.17) is 5.84 Å². The van der Waals surface area contributed by atoms with E-state index >= 15 is 0 Å². The molecule has 2 rings (SSSR count). The summed E-state index contributed by atoms with van der Waals surface area (Å²) < 4.78 is 0.948. The van der Waals surface area contributed by atoms with Crippen LogP contribution in [-0.2, 0) is 0 Å². The molecule has 1 atom stereocenters. The van der Waals surface area contributed by atoms with Gasteiger partial charge in [-0.15, -0.1) is 0 Å². The van der Waals surface area contributed by atoms with Gasteiger partial charge in [0.1, 0.15) is 0 Å². The molecule has 0 aliphatic rings. The molecule has 0 aliphatic heterocycles. The molecule has 1 unspecified atom stereocenters. The molecule has 19 heavy (non-hydrogen) atoms. The van der Waals surface area contributed by atoms with E-state index < -0.39 is 0 Å². The van der Waals surface area contributed by atoms with Gasteiger partial charge in [0.05, 0.1) is 6.04 Å². The van der Waals surface area contributed by atoms with Crippen LogP contribution in [0.2, 0.25) is 0 Å². The first-order chi connectivity index (χ1) is 9.11. The Morgan fingerprint density at radius 3 is 2.21 bits per heavy atom. The standard InChI is InChI=1S/C15H18BrN3/c1-10(2)11-3-5-12(6-4-11)15(19-17)13-7-14(16)9-18-8-13/h3-10,15,19H,17H2,1-2H3. The summed E-state index contributed by atoms with van der Waals surface area (Å²) in [6.07, 6.45) is 3.59. The quantitative estimate of drug-likeness (QED) is 0.669. The Balaban J connectivity index is 2.31. The van der Waals surface area contributed by atoms with Crippen molar-refractivity contribution in [2.24, 2.45) is 5.84 Å². The maximum absolute atomic E-state index is 5.69. The second-order valence-corrected chi connectivity index (χ2v) is 5.77. The number of hydrogen-bond acceptors (Lipinski definition) is 3. The second kappa shape index (κ2) is 6.28. The number of pyridine rings is 1. The highest BCUT2D eigenvalue weighted by Gasteiger charge is 2.13. The molecule has 3 N–H and O–H groups in total. The highest BCUT2D eigenvalue weighted by atomic mass is 79.9. The minimum Gasteiger partial charge on any atom is -0.271 e. The molecule has 0 saturated carbocycles. The van der Waals surface area contributed by atoms with Crippen LogP contribution in [0.4, 0.5) is 0 Å². The molecular weight excluding hydrogens is 302 g/mol. The molecule has 0 radical (unpaired) electrons. The summed E-state index contributed by atoms with van der Waals surface area (Å²) in [5.74, 6) is 6.22. The number of rotatable bonds is 4. The first kappa shape index (κ1) is 14.2. The zero-order valence-corrected chi connectivity index (χ0v) is 12.7. The topological polar surface area (TPSA) is 50.9 Å². The Morgan fingerprint density at radius 1 is 1.05 bits per heavy atom. The van der Waals surface area contributed by atoms with Crippen LogP contribution in [0, 0.1) is 0 Å². The Morgan fingerprint density at radius 2 is 1.68 bits per heavy atom. The fourth-order valence-electron chi connectivity index (χ4n) is 2.04. The summed E-state index contributed by atoms with van der Waals surface area (Å²) in [5, 5.41) is 0. The largest absolute Gasteiger partial charge is 0.271 e. The van der Waals surface area contributed by atoms with Gasteiger partial charge in [-0.2, -0.15) is 0 Å². The number of hydrogen-bond donors (Lipinski definition) is 2. The minimum absolute atomic E-state index is 0.0498. The van der Waals surface area contributed by atoms with Crippen molar-refractivity contribution >= 4 is 15.9 Å². The van der Waals surface area contributed by atoms with Gasteiger partial charge in [-0.05, 0) is 44.6 Å². The molecule has 0 spiro atoms. The Bertz CT molecular complexity index is 537. The van der Waals surface area contributed by atoms with Crippen molar-refractivity contribution in [1.82, 2.24) is 10.4 Å². The second-order valence-electron chi connectivity index (χ2n) is 4.86. The summed E-state index contributed by atoms with van der Waals surface area (Å²) in [6, 6.07) is 10.5. The zero-order valence-electron chi connectivity index (χ0n) is 11.1. The fourth-order valence-corrected chi connectivity index (χ4v) is 2.43. The van der Waals surface area contributed by atoms with Gasteiger partial charge >= 0.3 is 0 Å². The first-order valence-electron chi connectivity index (χ1n) is 6.28. The Labute approximate surface area is 122 Å². The predicted octanol–water partition coefficient (Wildman–Crippen LogP) is 3.52. The molecule has 4 heteroatoms. The van der Waals surface area contributed by atoms with Crippen LogP contribution < -0.4 is 11.3 Å². The number of nitrogens with two attached hydrogens (primary N) is 1. The molecule has 1 aromatic heterocycles. The van der Waals surface area contributed by atoms with E-state index in [0.29, 0.717) is 5.92 Å². The Hall–Kier alpha value is -1.23. The van der Waals surface area contributed by atoms with Gasteiger partial charge in [-0.25, -0.2) is 5.43 Å². The predicted molar refractivity (Wildman–Crippen MR) is 81.6 cm³/mol. The lowest BCUT2D eigenvalue weighted by atomic mass is 9.96. The minimum atomic E-state index is -0.0498.